The third kappa shape index (κ3) is 3.84. The molecule has 0 amide bonds. The Morgan fingerprint density at radius 1 is 1.50 bits per heavy atom. The van der Waals surface area contributed by atoms with Crippen molar-refractivity contribution in [1.29, 1.82) is 0 Å². The van der Waals surface area contributed by atoms with Gasteiger partial charge in [-0.2, -0.15) is 0 Å². The van der Waals surface area contributed by atoms with Crippen LogP contribution in [0.25, 0.3) is 0 Å². The van der Waals surface area contributed by atoms with Gasteiger partial charge in [0, 0.05) is 6.04 Å². The molecule has 6 heteroatoms. The van der Waals surface area contributed by atoms with E-state index in [1.807, 2.05) is 0 Å². The number of hydrogen-bond donors (Lipinski definition) is 1. The molecule has 1 unspecified atom stereocenters. The van der Waals surface area contributed by atoms with E-state index in [2.05, 4.69) is 37.9 Å². The van der Waals surface area contributed by atoms with Crippen LogP contribution < -0.4 is 5.73 Å². The number of hydrogen-bond acceptors (Lipinski definition) is 4. The molecule has 1 aromatic heterocycles. The number of nitrogens with two attached hydrogens (primary N) is 1. The van der Waals surface area contributed by atoms with Gasteiger partial charge in [0.1, 0.15) is 0 Å². The Hall–Kier alpha value is 0.0900. The second-order valence-electron chi connectivity index (χ2n) is 5.55. The molecule has 20 heavy (non-hydrogen) atoms. The summed E-state index contributed by atoms with van der Waals surface area (Å²) >= 11 is 8.69. The molecule has 1 atom stereocenters. The normalized spacial score (nSPS) is 19.0. The number of rotatable bonds is 5. The van der Waals surface area contributed by atoms with Crippen LogP contribution in [0.2, 0.25) is 0 Å². The zero-order valence-electron chi connectivity index (χ0n) is 11.5. The van der Waals surface area contributed by atoms with Gasteiger partial charge < -0.3 is 10.5 Å². The van der Waals surface area contributed by atoms with Crippen LogP contribution in [-0.2, 0) is 9.53 Å². The summed E-state index contributed by atoms with van der Waals surface area (Å²) in [7, 11) is 1.46. The lowest BCUT2D eigenvalue weighted by atomic mass is 9.76. The van der Waals surface area contributed by atoms with E-state index in [4.69, 9.17) is 10.5 Å². The molecule has 0 bridgehead atoms. The molecule has 1 aliphatic carbocycles. The highest BCUT2D eigenvalue weighted by Gasteiger charge is 2.38. The average molecular weight is 425 g/mol. The van der Waals surface area contributed by atoms with Crippen molar-refractivity contribution in [1.82, 2.24) is 0 Å². The maximum absolute atomic E-state index is 11.7. The largest absolute Gasteiger partial charge is 0.469 e. The van der Waals surface area contributed by atoms with E-state index >= 15 is 0 Å². The quantitative estimate of drug-likeness (QED) is 0.691. The summed E-state index contributed by atoms with van der Waals surface area (Å²) < 4.78 is 7.00. The molecule has 112 valence electrons. The smallest absolute Gasteiger partial charge is 0.306 e. The van der Waals surface area contributed by atoms with Crippen molar-refractivity contribution in [3.63, 3.8) is 0 Å². The van der Waals surface area contributed by atoms with Crippen molar-refractivity contribution in [2.24, 2.45) is 11.1 Å². The number of halogens is 2. The first-order valence-electron chi connectivity index (χ1n) is 6.73. The summed E-state index contributed by atoms with van der Waals surface area (Å²) in [5.74, 6) is -0.121. The lowest BCUT2D eigenvalue weighted by Gasteiger charge is -2.30. The molecule has 0 spiro atoms. The standard InChI is InChI=1S/C14H19Br2NO2S/c1-19-12(18)8-14(4-2-3-5-14)7-10(17)9-6-11(15)20-13(9)16/h6,10H,2-5,7-8,17H2,1H3. The van der Waals surface area contributed by atoms with Crippen molar-refractivity contribution in [2.75, 3.05) is 7.11 Å². The molecule has 0 saturated heterocycles. The fourth-order valence-corrected chi connectivity index (χ4v) is 6.14. The number of methoxy groups -OCH3 is 1. The molecule has 3 nitrogen and oxygen atoms in total. The Morgan fingerprint density at radius 2 is 2.15 bits per heavy atom. The Balaban J connectivity index is 2.12. The van der Waals surface area contributed by atoms with Crippen LogP contribution in [0.1, 0.15) is 50.1 Å². The average Bonchev–Trinajstić information content (AvgIpc) is 2.96. The maximum atomic E-state index is 11.7. The topological polar surface area (TPSA) is 52.3 Å². The minimum absolute atomic E-state index is 0.0142. The van der Waals surface area contributed by atoms with Gasteiger partial charge in [0.05, 0.1) is 21.1 Å². The SMILES string of the molecule is COC(=O)CC1(CC(N)c2cc(Br)sc2Br)CCCC1. The molecule has 1 aromatic rings. The Bertz CT molecular complexity index is 484. The third-order valence-electron chi connectivity index (χ3n) is 4.15. The van der Waals surface area contributed by atoms with Crippen LogP contribution in [0.5, 0.6) is 0 Å². The summed E-state index contributed by atoms with van der Waals surface area (Å²) in [6.07, 6.45) is 5.82. The zero-order valence-corrected chi connectivity index (χ0v) is 15.4. The van der Waals surface area contributed by atoms with E-state index in [9.17, 15) is 4.79 Å². The summed E-state index contributed by atoms with van der Waals surface area (Å²) in [5.41, 5.74) is 7.53. The molecule has 1 heterocycles. The Morgan fingerprint density at radius 3 is 2.65 bits per heavy atom. The fraction of sp³-hybridized carbons (Fsp3) is 0.643. The van der Waals surface area contributed by atoms with Crippen LogP contribution in [0.3, 0.4) is 0 Å². The van der Waals surface area contributed by atoms with Gasteiger partial charge in [-0.05, 0) is 68.2 Å². The van der Waals surface area contributed by atoms with E-state index in [0.29, 0.717) is 6.42 Å². The molecule has 1 saturated carbocycles. The van der Waals surface area contributed by atoms with Crippen LogP contribution >= 0.6 is 43.2 Å². The van der Waals surface area contributed by atoms with Gasteiger partial charge in [0.2, 0.25) is 0 Å². The predicted molar refractivity (Wildman–Crippen MR) is 88.8 cm³/mol. The van der Waals surface area contributed by atoms with E-state index in [0.717, 1.165) is 32.4 Å². The summed E-state index contributed by atoms with van der Waals surface area (Å²) in [6.45, 7) is 0. The van der Waals surface area contributed by atoms with Crippen LogP contribution in [0.15, 0.2) is 13.6 Å². The van der Waals surface area contributed by atoms with E-state index in [1.54, 1.807) is 11.3 Å². The van der Waals surface area contributed by atoms with Crippen molar-refractivity contribution in [3.8, 4) is 0 Å². The lowest BCUT2D eigenvalue weighted by Crippen LogP contribution is -2.27. The molecule has 2 N–H and O–H groups in total. The number of thiophene rings is 1. The molecular formula is C14H19Br2NO2S. The first-order valence-corrected chi connectivity index (χ1v) is 9.13. The maximum Gasteiger partial charge on any atom is 0.306 e. The first kappa shape index (κ1) is 16.5. The molecule has 1 fully saturated rings. The molecule has 2 rings (SSSR count). The Kier molecular flexibility index (Phi) is 5.68. The van der Waals surface area contributed by atoms with Gasteiger partial charge in [0.25, 0.3) is 0 Å². The minimum atomic E-state index is -0.121. The van der Waals surface area contributed by atoms with Crippen molar-refractivity contribution in [2.45, 2.75) is 44.6 Å². The zero-order chi connectivity index (χ0) is 14.8. The predicted octanol–water partition coefficient (Wildman–Crippen LogP) is 4.79. The second-order valence-corrected chi connectivity index (χ2v) is 9.30. The van der Waals surface area contributed by atoms with E-state index in [-0.39, 0.29) is 17.4 Å². The van der Waals surface area contributed by atoms with E-state index < -0.39 is 0 Å². The first-order chi connectivity index (χ1) is 9.46. The van der Waals surface area contributed by atoms with Gasteiger partial charge in [-0.15, -0.1) is 11.3 Å². The third-order valence-corrected chi connectivity index (χ3v) is 6.53. The number of ether oxygens (including phenoxy) is 1. The van der Waals surface area contributed by atoms with Gasteiger partial charge in [-0.1, -0.05) is 12.8 Å². The second kappa shape index (κ2) is 6.90. The number of esters is 1. The van der Waals surface area contributed by atoms with Crippen LogP contribution in [0.4, 0.5) is 0 Å². The summed E-state index contributed by atoms with van der Waals surface area (Å²) in [4.78, 5) is 11.7. The van der Waals surface area contributed by atoms with Crippen molar-refractivity contribution >= 4 is 49.2 Å². The number of carbonyl (C=O) groups excluding carboxylic acids is 1. The monoisotopic (exact) mass is 423 g/mol. The molecular weight excluding hydrogens is 406 g/mol. The van der Waals surface area contributed by atoms with Crippen molar-refractivity contribution in [3.05, 3.63) is 19.2 Å². The summed E-state index contributed by atoms with van der Waals surface area (Å²) in [6, 6.07) is 2.02. The van der Waals surface area contributed by atoms with E-state index in [1.165, 1.54) is 20.0 Å². The lowest BCUT2D eigenvalue weighted by molar-refractivity contribution is -0.143. The fourth-order valence-electron chi connectivity index (χ4n) is 3.14. The number of carbonyl (C=O) groups is 1. The van der Waals surface area contributed by atoms with Gasteiger partial charge in [0.15, 0.2) is 0 Å². The molecule has 0 aliphatic heterocycles. The molecule has 0 radical (unpaired) electrons. The minimum Gasteiger partial charge on any atom is -0.469 e. The van der Waals surface area contributed by atoms with Gasteiger partial charge >= 0.3 is 5.97 Å². The van der Waals surface area contributed by atoms with Crippen LogP contribution in [0, 0.1) is 5.41 Å². The highest BCUT2D eigenvalue weighted by Crippen LogP contribution is 2.48. The van der Waals surface area contributed by atoms with Gasteiger partial charge in [-0.25, -0.2) is 0 Å². The van der Waals surface area contributed by atoms with Gasteiger partial charge in [-0.3, -0.25) is 4.79 Å². The van der Waals surface area contributed by atoms with Crippen LogP contribution in [-0.4, -0.2) is 13.1 Å². The highest BCUT2D eigenvalue weighted by atomic mass is 79.9. The molecule has 1 aliphatic rings. The highest BCUT2D eigenvalue weighted by molar-refractivity contribution is 9.12. The molecule has 0 aromatic carbocycles. The summed E-state index contributed by atoms with van der Waals surface area (Å²) in [5, 5.41) is 0. The van der Waals surface area contributed by atoms with Crippen molar-refractivity contribution < 1.29 is 9.53 Å². The Labute approximate surface area is 140 Å².